The van der Waals surface area contributed by atoms with Gasteiger partial charge in [-0.05, 0) is 27.2 Å². The third kappa shape index (κ3) is 3.71. The molecule has 0 amide bonds. The number of carbonyl (C=O) groups is 3. The van der Waals surface area contributed by atoms with Crippen LogP contribution in [0.3, 0.4) is 0 Å². The van der Waals surface area contributed by atoms with Crippen molar-refractivity contribution in [2.24, 2.45) is 11.8 Å². The first-order valence-corrected chi connectivity index (χ1v) is 9.25. The predicted molar refractivity (Wildman–Crippen MR) is 94.5 cm³/mol. The van der Waals surface area contributed by atoms with Crippen LogP contribution in [0.1, 0.15) is 40.0 Å². The Labute approximate surface area is 158 Å². The fraction of sp³-hybridized carbons (Fsp3) is 0.650. The lowest BCUT2D eigenvalue weighted by atomic mass is 9.79. The maximum Gasteiger partial charge on any atom is 0.334 e. The summed E-state index contributed by atoms with van der Waals surface area (Å²) in [6.45, 7) is 8.75. The zero-order valence-corrected chi connectivity index (χ0v) is 15.9. The van der Waals surface area contributed by atoms with Crippen molar-refractivity contribution in [2.75, 3.05) is 6.61 Å². The van der Waals surface area contributed by atoms with Gasteiger partial charge in [0.05, 0.1) is 24.2 Å². The molecule has 3 aliphatic rings. The number of ketones is 1. The molecular weight excluding hydrogens is 352 g/mol. The van der Waals surface area contributed by atoms with Gasteiger partial charge in [-0.15, -0.1) is 0 Å². The van der Waals surface area contributed by atoms with E-state index in [1.807, 2.05) is 6.92 Å². The first kappa shape index (κ1) is 19.8. The molecule has 2 heterocycles. The molecule has 6 unspecified atom stereocenters. The number of esters is 2. The Bertz CT molecular complexity index is 709. The molecule has 3 fully saturated rings. The quantitative estimate of drug-likeness (QED) is 0.451. The van der Waals surface area contributed by atoms with Crippen LogP contribution in [0.15, 0.2) is 23.8 Å². The van der Waals surface area contributed by atoms with Gasteiger partial charge in [-0.3, -0.25) is 4.79 Å². The minimum absolute atomic E-state index is 0.112. The Morgan fingerprint density at radius 1 is 1.44 bits per heavy atom. The van der Waals surface area contributed by atoms with Crippen molar-refractivity contribution in [3.05, 3.63) is 23.8 Å². The highest BCUT2D eigenvalue weighted by atomic mass is 16.6. The van der Waals surface area contributed by atoms with Crippen molar-refractivity contribution in [3.8, 4) is 0 Å². The maximum absolute atomic E-state index is 12.5. The van der Waals surface area contributed by atoms with E-state index in [1.165, 1.54) is 0 Å². The largest absolute Gasteiger partial charge is 0.458 e. The third-order valence-electron chi connectivity index (χ3n) is 5.96. The average Bonchev–Trinajstić information content (AvgIpc) is 3.15. The Morgan fingerprint density at radius 2 is 2.15 bits per heavy atom. The zero-order chi connectivity index (χ0) is 19.9. The summed E-state index contributed by atoms with van der Waals surface area (Å²) in [7, 11) is 0. The van der Waals surface area contributed by atoms with Crippen LogP contribution in [0.4, 0.5) is 0 Å². The molecule has 1 aliphatic carbocycles. The van der Waals surface area contributed by atoms with Crippen molar-refractivity contribution < 1.29 is 33.7 Å². The predicted octanol–water partition coefficient (Wildman–Crippen LogP) is 1.48. The lowest BCUT2D eigenvalue weighted by Gasteiger charge is -2.30. The number of Topliss-reactive ketones (excluding diaryl/α,β-unsaturated/α-hetero) is 1. The van der Waals surface area contributed by atoms with Gasteiger partial charge in [0.2, 0.25) is 0 Å². The van der Waals surface area contributed by atoms with Crippen LogP contribution in [-0.4, -0.2) is 53.3 Å². The molecule has 3 rings (SSSR count). The fourth-order valence-electron chi connectivity index (χ4n) is 3.96. The molecule has 7 nitrogen and oxygen atoms in total. The van der Waals surface area contributed by atoms with E-state index in [9.17, 15) is 19.5 Å². The molecule has 0 aromatic carbocycles. The highest BCUT2D eigenvalue weighted by Crippen LogP contribution is 2.48. The number of hydrogen-bond donors (Lipinski definition) is 1. The second kappa shape index (κ2) is 7.20. The molecule has 0 spiro atoms. The van der Waals surface area contributed by atoms with Gasteiger partial charge >= 0.3 is 11.9 Å². The van der Waals surface area contributed by atoms with Crippen LogP contribution in [0.2, 0.25) is 0 Å². The molecule has 2 saturated heterocycles. The van der Waals surface area contributed by atoms with Gasteiger partial charge in [-0.25, -0.2) is 9.59 Å². The fourth-order valence-corrected chi connectivity index (χ4v) is 3.96. The first-order chi connectivity index (χ1) is 12.7. The molecule has 1 N–H and O–H groups in total. The number of allylic oxidation sites excluding steroid dienone is 1. The van der Waals surface area contributed by atoms with Crippen molar-refractivity contribution in [1.29, 1.82) is 0 Å². The Balaban J connectivity index is 1.94. The summed E-state index contributed by atoms with van der Waals surface area (Å²) in [6, 6.07) is 0. The molecule has 1 saturated carbocycles. The van der Waals surface area contributed by atoms with Gasteiger partial charge in [0.25, 0.3) is 0 Å². The molecule has 0 aromatic heterocycles. The van der Waals surface area contributed by atoms with Gasteiger partial charge in [0.15, 0.2) is 0 Å². The molecule has 0 bridgehead atoms. The Morgan fingerprint density at radius 3 is 2.78 bits per heavy atom. The summed E-state index contributed by atoms with van der Waals surface area (Å²) in [5.74, 6) is -2.38. The molecule has 2 aliphatic heterocycles. The zero-order valence-electron chi connectivity index (χ0n) is 15.9. The molecule has 6 atom stereocenters. The first-order valence-electron chi connectivity index (χ1n) is 9.25. The summed E-state index contributed by atoms with van der Waals surface area (Å²) in [4.78, 5) is 37.0. The SMILES string of the molecule is C=C1C(=O)OC2CC(CO)C(=O)CC3OC3(C)CC(OC(=O)C(C)=CC)C12. The number of carbonyl (C=O) groups excluding carboxylic acids is 3. The number of ether oxygens (including phenoxy) is 3. The smallest absolute Gasteiger partial charge is 0.334 e. The van der Waals surface area contributed by atoms with E-state index in [0.717, 1.165) is 0 Å². The van der Waals surface area contributed by atoms with Crippen LogP contribution in [0.5, 0.6) is 0 Å². The van der Waals surface area contributed by atoms with E-state index in [4.69, 9.17) is 14.2 Å². The minimum Gasteiger partial charge on any atom is -0.458 e. The summed E-state index contributed by atoms with van der Waals surface area (Å²) < 4.78 is 16.9. The van der Waals surface area contributed by atoms with Gasteiger partial charge in [0, 0.05) is 29.9 Å². The van der Waals surface area contributed by atoms with Crippen LogP contribution in [-0.2, 0) is 28.6 Å². The van der Waals surface area contributed by atoms with E-state index in [0.29, 0.717) is 12.0 Å². The molecular formula is C20H26O7. The van der Waals surface area contributed by atoms with E-state index >= 15 is 0 Å². The van der Waals surface area contributed by atoms with Crippen molar-refractivity contribution in [2.45, 2.75) is 63.9 Å². The van der Waals surface area contributed by atoms with Gasteiger partial charge < -0.3 is 19.3 Å². The van der Waals surface area contributed by atoms with Crippen molar-refractivity contribution >= 4 is 17.7 Å². The topological polar surface area (TPSA) is 102 Å². The average molecular weight is 378 g/mol. The summed E-state index contributed by atoms with van der Waals surface area (Å²) in [6.07, 6.45) is 0.726. The van der Waals surface area contributed by atoms with E-state index in [2.05, 4.69) is 6.58 Å². The van der Waals surface area contributed by atoms with E-state index < -0.39 is 41.6 Å². The van der Waals surface area contributed by atoms with Crippen LogP contribution in [0, 0.1) is 11.8 Å². The molecule has 27 heavy (non-hydrogen) atoms. The molecule has 7 heteroatoms. The Kier molecular flexibility index (Phi) is 5.27. The Hall–Kier alpha value is -1.99. The number of hydrogen-bond acceptors (Lipinski definition) is 7. The lowest BCUT2D eigenvalue weighted by Crippen LogP contribution is -2.40. The second-order valence-electron chi connectivity index (χ2n) is 7.82. The van der Waals surface area contributed by atoms with Crippen molar-refractivity contribution in [3.63, 3.8) is 0 Å². The van der Waals surface area contributed by atoms with Gasteiger partial charge in [-0.2, -0.15) is 0 Å². The normalized spacial score (nSPS) is 39.3. The van der Waals surface area contributed by atoms with Crippen molar-refractivity contribution in [1.82, 2.24) is 0 Å². The van der Waals surface area contributed by atoms with E-state index in [-0.39, 0.29) is 36.9 Å². The third-order valence-corrected chi connectivity index (χ3v) is 5.96. The van der Waals surface area contributed by atoms with Crippen LogP contribution >= 0.6 is 0 Å². The number of fused-ring (bicyclic) bond motifs is 2. The number of epoxide rings is 1. The monoisotopic (exact) mass is 378 g/mol. The molecule has 0 aromatic rings. The minimum atomic E-state index is -0.672. The van der Waals surface area contributed by atoms with Crippen LogP contribution in [0.25, 0.3) is 0 Å². The highest BCUT2D eigenvalue weighted by Gasteiger charge is 2.58. The standard InChI is InChI=1S/C20H26O7/c1-5-10(2)18(23)26-15-8-20(4)16(27-20)7-13(22)12(9-21)6-14-17(15)11(3)19(24)25-14/h5,12,14-17,21H,3,6-9H2,1-2,4H3. The summed E-state index contributed by atoms with van der Waals surface area (Å²) in [5, 5.41) is 9.65. The number of rotatable bonds is 3. The lowest BCUT2D eigenvalue weighted by molar-refractivity contribution is -0.150. The summed E-state index contributed by atoms with van der Waals surface area (Å²) >= 11 is 0. The van der Waals surface area contributed by atoms with Gasteiger partial charge in [0.1, 0.15) is 18.0 Å². The number of aliphatic hydroxyl groups excluding tert-OH is 1. The van der Waals surface area contributed by atoms with Gasteiger partial charge in [-0.1, -0.05) is 12.7 Å². The number of aliphatic hydroxyl groups is 1. The van der Waals surface area contributed by atoms with Crippen LogP contribution < -0.4 is 0 Å². The second-order valence-corrected chi connectivity index (χ2v) is 7.82. The molecule has 0 radical (unpaired) electrons. The van der Waals surface area contributed by atoms with E-state index in [1.54, 1.807) is 19.9 Å². The summed E-state index contributed by atoms with van der Waals surface area (Å²) in [5.41, 5.74) is 0.0564. The maximum atomic E-state index is 12.5. The highest BCUT2D eigenvalue weighted by molar-refractivity contribution is 5.92. The molecule has 148 valence electrons.